The fourth-order valence-corrected chi connectivity index (χ4v) is 5.02. The van der Waals surface area contributed by atoms with E-state index in [0.29, 0.717) is 15.4 Å². The number of nitrogens with one attached hydrogen (secondary N) is 1. The van der Waals surface area contributed by atoms with E-state index in [1.165, 1.54) is 23.1 Å². The lowest BCUT2D eigenvalue weighted by Crippen LogP contribution is -2.48. The molecule has 1 saturated heterocycles. The smallest absolute Gasteiger partial charge is 0.341 e. The molecular formula is C24H32N4O4S. The Hall–Kier alpha value is -2.75. The van der Waals surface area contributed by atoms with Crippen LogP contribution in [0, 0.1) is 13.8 Å². The minimum absolute atomic E-state index is 0.211. The predicted octanol–water partition coefficient (Wildman–Crippen LogP) is 2.61. The van der Waals surface area contributed by atoms with Gasteiger partial charge in [-0.3, -0.25) is 19.4 Å². The van der Waals surface area contributed by atoms with Crippen molar-refractivity contribution in [1.29, 1.82) is 0 Å². The minimum Gasteiger partial charge on any atom is -0.465 e. The Morgan fingerprint density at radius 2 is 1.64 bits per heavy atom. The fourth-order valence-electron chi connectivity index (χ4n) is 3.78. The number of esters is 1. The summed E-state index contributed by atoms with van der Waals surface area (Å²) in [6.07, 6.45) is 0. The van der Waals surface area contributed by atoms with Gasteiger partial charge in [0.2, 0.25) is 5.91 Å². The van der Waals surface area contributed by atoms with Gasteiger partial charge >= 0.3 is 5.97 Å². The quantitative estimate of drug-likeness (QED) is 0.624. The number of thiophene rings is 1. The monoisotopic (exact) mass is 472 g/mol. The van der Waals surface area contributed by atoms with Gasteiger partial charge in [0, 0.05) is 46.8 Å². The zero-order chi connectivity index (χ0) is 24.1. The Morgan fingerprint density at radius 1 is 1.03 bits per heavy atom. The highest BCUT2D eigenvalue weighted by molar-refractivity contribution is 7.18. The molecule has 2 aromatic rings. The Morgan fingerprint density at radius 3 is 2.21 bits per heavy atom. The molecule has 2 heterocycles. The van der Waals surface area contributed by atoms with Crippen LogP contribution in [-0.2, 0) is 16.1 Å². The number of hydrogen-bond acceptors (Lipinski definition) is 7. The molecule has 0 spiro atoms. The third kappa shape index (κ3) is 6.19. The zero-order valence-electron chi connectivity index (χ0n) is 19.9. The lowest BCUT2D eigenvalue weighted by molar-refractivity contribution is -0.117. The van der Waals surface area contributed by atoms with Gasteiger partial charge < -0.3 is 15.0 Å². The van der Waals surface area contributed by atoms with E-state index in [1.54, 1.807) is 21.0 Å². The van der Waals surface area contributed by atoms with Crippen LogP contribution < -0.4 is 5.32 Å². The molecule has 178 valence electrons. The predicted molar refractivity (Wildman–Crippen MR) is 130 cm³/mol. The second-order valence-corrected chi connectivity index (χ2v) is 9.56. The summed E-state index contributed by atoms with van der Waals surface area (Å²) in [6, 6.07) is 8.57. The van der Waals surface area contributed by atoms with Crippen LogP contribution in [0.25, 0.3) is 0 Å². The van der Waals surface area contributed by atoms with Crippen LogP contribution in [0.3, 0.4) is 0 Å². The van der Waals surface area contributed by atoms with E-state index in [-0.39, 0.29) is 23.9 Å². The highest BCUT2D eigenvalue weighted by Gasteiger charge is 2.27. The van der Waals surface area contributed by atoms with E-state index in [1.807, 2.05) is 0 Å². The van der Waals surface area contributed by atoms with Crippen LogP contribution in [0.2, 0.25) is 0 Å². The van der Waals surface area contributed by atoms with E-state index in [4.69, 9.17) is 4.74 Å². The van der Waals surface area contributed by atoms with Crippen LogP contribution in [0.4, 0.5) is 5.00 Å². The molecule has 1 fully saturated rings. The number of nitrogens with zero attached hydrogens (tertiary/aromatic N) is 3. The number of benzene rings is 1. The molecule has 3 rings (SSSR count). The summed E-state index contributed by atoms with van der Waals surface area (Å²) in [7, 11) is 4.58. The average Bonchev–Trinajstić information content (AvgIpc) is 3.10. The van der Waals surface area contributed by atoms with Gasteiger partial charge in [0.1, 0.15) is 5.00 Å². The molecule has 0 atom stereocenters. The Balaban J connectivity index is 1.59. The number of amides is 2. The van der Waals surface area contributed by atoms with Crippen LogP contribution in [0.1, 0.15) is 36.7 Å². The Bertz CT molecular complexity index is 1010. The second-order valence-electron chi connectivity index (χ2n) is 8.54. The van der Waals surface area contributed by atoms with Gasteiger partial charge in [-0.15, -0.1) is 11.3 Å². The first-order valence-corrected chi connectivity index (χ1v) is 11.7. The molecule has 2 amide bonds. The largest absolute Gasteiger partial charge is 0.465 e. The van der Waals surface area contributed by atoms with Gasteiger partial charge in [0.15, 0.2) is 0 Å². The van der Waals surface area contributed by atoms with Crippen molar-refractivity contribution in [3.8, 4) is 0 Å². The summed E-state index contributed by atoms with van der Waals surface area (Å²) in [5, 5.41) is 3.19. The number of carbonyl (C=O) groups excluding carboxylic acids is 3. The SMILES string of the molecule is COC(=O)c1c(NC(=O)CN2CCN(Cc3ccc(C)cc3)CC2)sc(C(=O)N(C)C)c1C. The second kappa shape index (κ2) is 10.9. The maximum Gasteiger partial charge on any atom is 0.341 e. The molecule has 8 nitrogen and oxygen atoms in total. The molecule has 1 aromatic heterocycles. The van der Waals surface area contributed by atoms with Crippen molar-refractivity contribution in [3.05, 3.63) is 51.4 Å². The van der Waals surface area contributed by atoms with E-state index in [9.17, 15) is 14.4 Å². The van der Waals surface area contributed by atoms with Crippen molar-refractivity contribution in [1.82, 2.24) is 14.7 Å². The maximum atomic E-state index is 12.8. The summed E-state index contributed by atoms with van der Waals surface area (Å²) in [6.45, 7) is 8.26. The molecular weight excluding hydrogens is 440 g/mol. The van der Waals surface area contributed by atoms with Crippen molar-refractivity contribution in [2.75, 3.05) is 59.2 Å². The van der Waals surface area contributed by atoms with Crippen LogP contribution in [0.15, 0.2) is 24.3 Å². The zero-order valence-corrected chi connectivity index (χ0v) is 20.8. The van der Waals surface area contributed by atoms with E-state index in [0.717, 1.165) is 44.1 Å². The average molecular weight is 473 g/mol. The van der Waals surface area contributed by atoms with Crippen LogP contribution >= 0.6 is 11.3 Å². The van der Waals surface area contributed by atoms with Crippen molar-refractivity contribution >= 4 is 34.1 Å². The van der Waals surface area contributed by atoms with Gasteiger partial charge in [0.25, 0.3) is 5.91 Å². The molecule has 1 aromatic carbocycles. The lowest BCUT2D eigenvalue weighted by Gasteiger charge is -2.34. The van der Waals surface area contributed by atoms with Gasteiger partial charge in [0.05, 0.1) is 24.1 Å². The standard InChI is InChI=1S/C24H32N4O4S/c1-16-6-8-18(9-7-16)14-27-10-12-28(13-11-27)15-19(29)25-22-20(24(31)32-5)17(2)21(33-22)23(30)26(3)4/h6-9H,10-15H2,1-5H3,(H,25,29). The number of methoxy groups -OCH3 is 1. The number of piperazine rings is 1. The molecule has 1 aliphatic heterocycles. The molecule has 9 heteroatoms. The number of hydrogen-bond donors (Lipinski definition) is 1. The van der Waals surface area contributed by atoms with Crippen molar-refractivity contribution in [2.45, 2.75) is 20.4 Å². The van der Waals surface area contributed by atoms with Crippen molar-refractivity contribution in [2.24, 2.45) is 0 Å². The lowest BCUT2D eigenvalue weighted by atomic mass is 10.1. The van der Waals surface area contributed by atoms with Crippen molar-refractivity contribution < 1.29 is 19.1 Å². The van der Waals surface area contributed by atoms with E-state index < -0.39 is 5.97 Å². The summed E-state index contributed by atoms with van der Waals surface area (Å²) in [5.74, 6) is -0.994. The topological polar surface area (TPSA) is 82.2 Å². The van der Waals surface area contributed by atoms with Gasteiger partial charge in [-0.1, -0.05) is 29.8 Å². The molecule has 1 aliphatic rings. The highest BCUT2D eigenvalue weighted by atomic mass is 32.1. The van der Waals surface area contributed by atoms with Gasteiger partial charge in [-0.25, -0.2) is 4.79 Å². The number of ether oxygens (including phenoxy) is 1. The molecule has 0 saturated carbocycles. The summed E-state index contributed by atoms with van der Waals surface area (Å²) in [5.41, 5.74) is 3.30. The Labute approximate surface area is 199 Å². The molecule has 0 aliphatic carbocycles. The molecule has 0 radical (unpaired) electrons. The fraction of sp³-hybridized carbons (Fsp3) is 0.458. The maximum absolute atomic E-state index is 12.8. The first-order valence-electron chi connectivity index (χ1n) is 10.9. The summed E-state index contributed by atoms with van der Waals surface area (Å²) in [4.78, 5) is 43.9. The van der Waals surface area contributed by atoms with Gasteiger partial charge in [-0.2, -0.15) is 0 Å². The normalized spacial score (nSPS) is 14.7. The molecule has 1 N–H and O–H groups in total. The summed E-state index contributed by atoms with van der Waals surface area (Å²) < 4.78 is 4.89. The Kier molecular flexibility index (Phi) is 8.23. The van der Waals surface area contributed by atoms with Crippen LogP contribution in [0.5, 0.6) is 0 Å². The van der Waals surface area contributed by atoms with E-state index >= 15 is 0 Å². The summed E-state index contributed by atoms with van der Waals surface area (Å²) >= 11 is 1.11. The highest BCUT2D eigenvalue weighted by Crippen LogP contribution is 2.34. The molecule has 33 heavy (non-hydrogen) atoms. The number of carbonyl (C=O) groups is 3. The molecule has 0 unspecified atom stereocenters. The molecule has 0 bridgehead atoms. The number of aryl methyl sites for hydroxylation is 1. The third-order valence-corrected chi connectivity index (χ3v) is 6.94. The first kappa shape index (κ1) is 24.9. The third-order valence-electron chi connectivity index (χ3n) is 5.75. The minimum atomic E-state index is -0.568. The first-order chi connectivity index (χ1) is 15.7. The number of rotatable bonds is 7. The van der Waals surface area contributed by atoms with E-state index in [2.05, 4.69) is 46.3 Å². The van der Waals surface area contributed by atoms with Gasteiger partial charge in [-0.05, 0) is 25.0 Å². The number of anilines is 1. The van der Waals surface area contributed by atoms with Crippen molar-refractivity contribution in [3.63, 3.8) is 0 Å². The van der Waals surface area contributed by atoms with Crippen LogP contribution in [-0.4, -0.2) is 86.4 Å².